The first-order valence-corrected chi connectivity index (χ1v) is 7.77. The molecule has 0 radical (unpaired) electrons. The summed E-state index contributed by atoms with van der Waals surface area (Å²) in [5.74, 6) is -0.296. The van der Waals surface area contributed by atoms with E-state index in [1.54, 1.807) is 0 Å². The van der Waals surface area contributed by atoms with Crippen LogP contribution in [0.15, 0.2) is 0 Å². The number of piperidine rings is 1. The maximum Gasteiger partial charge on any atom is 0.320 e. The van der Waals surface area contributed by atoms with Crippen LogP contribution in [0.1, 0.15) is 39.5 Å². The van der Waals surface area contributed by atoms with E-state index in [2.05, 4.69) is 0 Å². The van der Waals surface area contributed by atoms with Crippen LogP contribution < -0.4 is 0 Å². The van der Waals surface area contributed by atoms with Gasteiger partial charge in [0.15, 0.2) is 0 Å². The molecular weight excluding hydrogens is 272 g/mol. The van der Waals surface area contributed by atoms with Gasteiger partial charge < -0.3 is 19.6 Å². The molecule has 0 unspecified atom stereocenters. The number of hydrogen-bond acceptors (Lipinski definition) is 3. The van der Waals surface area contributed by atoms with Crippen LogP contribution in [0.3, 0.4) is 0 Å². The molecule has 0 aliphatic carbocycles. The lowest BCUT2D eigenvalue weighted by Gasteiger charge is -2.41. The lowest BCUT2D eigenvalue weighted by Crippen LogP contribution is -2.55. The smallest absolute Gasteiger partial charge is 0.320 e. The zero-order valence-electron chi connectivity index (χ0n) is 13.0. The Hall–Kier alpha value is -1.30. The van der Waals surface area contributed by atoms with Crippen LogP contribution in [-0.2, 0) is 9.53 Å². The Balaban J connectivity index is 1.79. The van der Waals surface area contributed by atoms with Crippen LogP contribution in [0.5, 0.6) is 0 Å². The maximum absolute atomic E-state index is 12.5. The number of likely N-dealkylation sites (tertiary alicyclic amines) is 1. The fourth-order valence-corrected chi connectivity index (χ4v) is 3.12. The van der Waals surface area contributed by atoms with Gasteiger partial charge in [-0.2, -0.15) is 0 Å². The minimum atomic E-state index is -0.732. The molecule has 0 spiro atoms. The van der Waals surface area contributed by atoms with Gasteiger partial charge in [-0.05, 0) is 39.0 Å². The van der Waals surface area contributed by atoms with E-state index in [0.29, 0.717) is 25.6 Å². The molecule has 2 rings (SSSR count). The maximum atomic E-state index is 12.5. The van der Waals surface area contributed by atoms with Crippen LogP contribution in [0.2, 0.25) is 0 Å². The molecule has 120 valence electrons. The number of carbonyl (C=O) groups is 2. The van der Waals surface area contributed by atoms with E-state index in [-0.39, 0.29) is 18.1 Å². The fourth-order valence-electron chi connectivity index (χ4n) is 3.12. The standard InChI is InChI=1S/C15H26N2O4/c1-15(2)11-17(9-10-21-15)14(20)16-7-5-12(6-8-16)3-4-13(18)19/h12H,3-11H2,1-2H3,(H,18,19). The third kappa shape index (κ3) is 4.59. The highest BCUT2D eigenvalue weighted by molar-refractivity contribution is 5.74. The molecule has 2 fully saturated rings. The van der Waals surface area contributed by atoms with Gasteiger partial charge in [0.2, 0.25) is 0 Å². The molecule has 0 aromatic rings. The number of nitrogens with zero attached hydrogens (tertiary/aromatic N) is 2. The van der Waals surface area contributed by atoms with E-state index >= 15 is 0 Å². The zero-order chi connectivity index (χ0) is 15.5. The number of carboxylic acid groups (broad SMARTS) is 1. The summed E-state index contributed by atoms with van der Waals surface area (Å²) >= 11 is 0. The third-order valence-corrected chi connectivity index (χ3v) is 4.35. The summed E-state index contributed by atoms with van der Waals surface area (Å²) in [4.78, 5) is 26.9. The number of aliphatic carboxylic acids is 1. The summed E-state index contributed by atoms with van der Waals surface area (Å²) in [6, 6.07) is 0.100. The Morgan fingerprint density at radius 1 is 1.19 bits per heavy atom. The van der Waals surface area contributed by atoms with Crippen LogP contribution >= 0.6 is 0 Å². The molecule has 2 heterocycles. The van der Waals surface area contributed by atoms with E-state index in [1.807, 2.05) is 23.6 Å². The Morgan fingerprint density at radius 3 is 2.43 bits per heavy atom. The summed E-state index contributed by atoms with van der Waals surface area (Å²) in [6.07, 6.45) is 2.78. The normalized spacial score (nSPS) is 23.1. The van der Waals surface area contributed by atoms with Crippen molar-refractivity contribution in [3.05, 3.63) is 0 Å². The van der Waals surface area contributed by atoms with Gasteiger partial charge in [-0.1, -0.05) is 0 Å². The second-order valence-electron chi connectivity index (χ2n) is 6.68. The lowest BCUT2D eigenvalue weighted by molar-refractivity contribution is -0.137. The minimum Gasteiger partial charge on any atom is -0.481 e. The highest BCUT2D eigenvalue weighted by Gasteiger charge is 2.33. The van der Waals surface area contributed by atoms with Gasteiger partial charge in [0.1, 0.15) is 0 Å². The zero-order valence-corrected chi connectivity index (χ0v) is 13.0. The second-order valence-corrected chi connectivity index (χ2v) is 6.68. The SMILES string of the molecule is CC1(C)CN(C(=O)N2CCC(CCC(=O)O)CC2)CCO1. The molecule has 6 heteroatoms. The summed E-state index contributed by atoms with van der Waals surface area (Å²) in [7, 11) is 0. The predicted molar refractivity (Wildman–Crippen MR) is 78.2 cm³/mol. The topological polar surface area (TPSA) is 70.1 Å². The van der Waals surface area contributed by atoms with Gasteiger partial charge in [0, 0.05) is 26.1 Å². The number of amides is 2. The quantitative estimate of drug-likeness (QED) is 0.862. The fraction of sp³-hybridized carbons (Fsp3) is 0.867. The van der Waals surface area contributed by atoms with Crippen LogP contribution in [0, 0.1) is 5.92 Å². The monoisotopic (exact) mass is 298 g/mol. The molecule has 1 N–H and O–H groups in total. The number of ether oxygens (including phenoxy) is 1. The van der Waals surface area contributed by atoms with Crippen molar-refractivity contribution in [3.8, 4) is 0 Å². The second kappa shape index (κ2) is 6.64. The molecule has 0 atom stereocenters. The first-order chi connectivity index (χ1) is 9.87. The molecule has 0 saturated carbocycles. The molecule has 6 nitrogen and oxygen atoms in total. The molecular formula is C15H26N2O4. The van der Waals surface area contributed by atoms with Crippen molar-refractivity contribution in [2.45, 2.75) is 45.1 Å². The molecule has 2 amide bonds. The number of morpholine rings is 1. The number of hydrogen-bond donors (Lipinski definition) is 1. The average molecular weight is 298 g/mol. The van der Waals surface area contributed by atoms with Crippen molar-refractivity contribution < 1.29 is 19.4 Å². The lowest BCUT2D eigenvalue weighted by atomic mass is 9.92. The summed E-state index contributed by atoms with van der Waals surface area (Å²) in [5, 5.41) is 8.72. The Kier molecular flexibility index (Phi) is 5.08. The van der Waals surface area contributed by atoms with Gasteiger partial charge in [-0.15, -0.1) is 0 Å². The highest BCUT2D eigenvalue weighted by Crippen LogP contribution is 2.24. The number of carbonyl (C=O) groups excluding carboxylic acids is 1. The minimum absolute atomic E-state index is 0.100. The van der Waals surface area contributed by atoms with Crippen LogP contribution in [0.25, 0.3) is 0 Å². The van der Waals surface area contributed by atoms with E-state index in [1.165, 1.54) is 0 Å². The Labute approximate surface area is 126 Å². The molecule has 0 bridgehead atoms. The molecule has 0 aromatic heterocycles. The van der Waals surface area contributed by atoms with Gasteiger partial charge in [0.05, 0.1) is 18.8 Å². The number of rotatable bonds is 3. The summed E-state index contributed by atoms with van der Waals surface area (Å²) < 4.78 is 5.64. The highest BCUT2D eigenvalue weighted by atomic mass is 16.5. The van der Waals surface area contributed by atoms with E-state index in [4.69, 9.17) is 9.84 Å². The summed E-state index contributed by atoms with van der Waals surface area (Å²) in [6.45, 7) is 7.36. The van der Waals surface area contributed by atoms with Gasteiger partial charge in [-0.25, -0.2) is 4.79 Å². The van der Waals surface area contributed by atoms with Crippen molar-refractivity contribution >= 4 is 12.0 Å². The van der Waals surface area contributed by atoms with E-state index in [9.17, 15) is 9.59 Å². The van der Waals surface area contributed by atoms with Crippen molar-refractivity contribution in [2.75, 3.05) is 32.8 Å². The molecule has 21 heavy (non-hydrogen) atoms. The Morgan fingerprint density at radius 2 is 1.86 bits per heavy atom. The van der Waals surface area contributed by atoms with Crippen molar-refractivity contribution in [2.24, 2.45) is 5.92 Å². The van der Waals surface area contributed by atoms with Gasteiger partial charge in [-0.3, -0.25) is 4.79 Å². The van der Waals surface area contributed by atoms with Crippen molar-refractivity contribution in [1.82, 2.24) is 9.80 Å². The number of carboxylic acids is 1. The first-order valence-electron chi connectivity index (χ1n) is 7.77. The third-order valence-electron chi connectivity index (χ3n) is 4.35. The van der Waals surface area contributed by atoms with E-state index in [0.717, 1.165) is 32.4 Å². The largest absolute Gasteiger partial charge is 0.481 e. The molecule has 2 saturated heterocycles. The van der Waals surface area contributed by atoms with Crippen LogP contribution in [-0.4, -0.2) is 65.3 Å². The van der Waals surface area contributed by atoms with E-state index < -0.39 is 5.97 Å². The van der Waals surface area contributed by atoms with Crippen LogP contribution in [0.4, 0.5) is 4.79 Å². The average Bonchev–Trinajstić information content (AvgIpc) is 2.44. The van der Waals surface area contributed by atoms with Crippen molar-refractivity contribution in [1.29, 1.82) is 0 Å². The van der Waals surface area contributed by atoms with Crippen molar-refractivity contribution in [3.63, 3.8) is 0 Å². The first kappa shape index (κ1) is 16.1. The molecule has 2 aliphatic heterocycles. The van der Waals surface area contributed by atoms with Gasteiger partial charge in [0.25, 0.3) is 0 Å². The molecule has 0 aromatic carbocycles. The van der Waals surface area contributed by atoms with Gasteiger partial charge >= 0.3 is 12.0 Å². The Bertz CT molecular complexity index is 389. The molecule has 2 aliphatic rings. The summed E-state index contributed by atoms with van der Waals surface area (Å²) in [5.41, 5.74) is -0.270. The number of urea groups is 1. The predicted octanol–water partition coefficient (Wildman–Crippen LogP) is 1.79.